The smallest absolute Gasteiger partial charge is 0.231 e. The lowest BCUT2D eigenvalue weighted by molar-refractivity contribution is 0.162. The van der Waals surface area contributed by atoms with Crippen LogP contribution in [-0.2, 0) is 0 Å². The number of hydrogen-bond acceptors (Lipinski definition) is 4. The summed E-state index contributed by atoms with van der Waals surface area (Å²) in [4.78, 5) is 0. The summed E-state index contributed by atoms with van der Waals surface area (Å²) >= 11 is 0. The second kappa shape index (κ2) is 5.78. The number of ether oxygens (including phenoxy) is 2. The van der Waals surface area contributed by atoms with E-state index in [1.807, 2.05) is 18.2 Å². The predicted molar refractivity (Wildman–Crippen MR) is 72.5 cm³/mol. The van der Waals surface area contributed by atoms with Crippen LogP contribution in [-0.4, -0.2) is 24.0 Å². The van der Waals surface area contributed by atoms with E-state index in [1.54, 1.807) is 0 Å². The Kier molecular flexibility index (Phi) is 4.85. The molecule has 0 spiro atoms. The van der Waals surface area contributed by atoms with Crippen LogP contribution in [0.5, 0.6) is 11.5 Å². The zero-order chi connectivity index (χ0) is 12.5. The summed E-state index contributed by atoms with van der Waals surface area (Å²) in [5.41, 5.74) is 0.836. The molecule has 102 valence electrons. The number of benzene rings is 1. The number of rotatable bonds is 3. The van der Waals surface area contributed by atoms with Crippen LogP contribution in [0, 0.1) is 0 Å². The van der Waals surface area contributed by atoms with Gasteiger partial charge in [-0.25, -0.2) is 0 Å². The van der Waals surface area contributed by atoms with Gasteiger partial charge in [0.05, 0.1) is 6.10 Å². The van der Waals surface area contributed by atoms with Crippen molar-refractivity contribution in [1.82, 2.24) is 5.32 Å². The zero-order valence-electron chi connectivity index (χ0n) is 10.9. The van der Waals surface area contributed by atoms with Crippen molar-refractivity contribution in [2.24, 2.45) is 0 Å². The summed E-state index contributed by atoms with van der Waals surface area (Å²) in [7, 11) is 0. The maximum absolute atomic E-state index is 10.1. The molecular weight excluding hydrogens is 254 g/mol. The third kappa shape index (κ3) is 3.77. The zero-order valence-corrected chi connectivity index (χ0v) is 11.7. The van der Waals surface area contributed by atoms with Gasteiger partial charge in [-0.05, 0) is 38.5 Å². The molecular formula is C13H20ClNO3. The van der Waals surface area contributed by atoms with Crippen molar-refractivity contribution in [2.75, 3.05) is 13.3 Å². The van der Waals surface area contributed by atoms with Gasteiger partial charge in [0.15, 0.2) is 11.5 Å². The number of nitrogens with one attached hydrogen (secondary N) is 1. The van der Waals surface area contributed by atoms with Gasteiger partial charge in [-0.1, -0.05) is 6.07 Å². The maximum Gasteiger partial charge on any atom is 0.231 e. The molecule has 1 aromatic carbocycles. The van der Waals surface area contributed by atoms with Gasteiger partial charge >= 0.3 is 0 Å². The maximum atomic E-state index is 10.1. The number of hydrogen-bond donors (Lipinski definition) is 2. The van der Waals surface area contributed by atoms with E-state index in [0.29, 0.717) is 12.3 Å². The summed E-state index contributed by atoms with van der Waals surface area (Å²) in [6, 6.07) is 5.53. The normalized spacial score (nSPS) is 15.1. The van der Waals surface area contributed by atoms with Crippen LogP contribution in [0.15, 0.2) is 18.2 Å². The van der Waals surface area contributed by atoms with Crippen molar-refractivity contribution in [2.45, 2.75) is 32.4 Å². The van der Waals surface area contributed by atoms with Gasteiger partial charge < -0.3 is 19.9 Å². The van der Waals surface area contributed by atoms with Gasteiger partial charge in [0.1, 0.15) is 0 Å². The average molecular weight is 274 g/mol. The fraction of sp³-hybridized carbons (Fsp3) is 0.538. The van der Waals surface area contributed by atoms with Crippen LogP contribution >= 0.6 is 12.4 Å². The summed E-state index contributed by atoms with van der Waals surface area (Å²) in [5.74, 6) is 1.45. The number of aliphatic hydroxyl groups excluding tert-OH is 1. The Labute approximate surface area is 114 Å². The summed E-state index contributed by atoms with van der Waals surface area (Å²) in [5, 5.41) is 13.3. The minimum atomic E-state index is -0.538. The van der Waals surface area contributed by atoms with Crippen molar-refractivity contribution in [3.63, 3.8) is 0 Å². The Bertz CT molecular complexity index is 404. The molecule has 2 rings (SSSR count). The van der Waals surface area contributed by atoms with Crippen molar-refractivity contribution in [1.29, 1.82) is 0 Å². The molecule has 0 aliphatic carbocycles. The number of aliphatic hydroxyl groups is 1. The van der Waals surface area contributed by atoms with Gasteiger partial charge in [-0.3, -0.25) is 0 Å². The molecule has 1 unspecified atom stereocenters. The highest BCUT2D eigenvalue weighted by Crippen LogP contribution is 2.34. The van der Waals surface area contributed by atoms with Crippen molar-refractivity contribution in [3.05, 3.63) is 23.8 Å². The Morgan fingerprint density at radius 2 is 1.94 bits per heavy atom. The third-order valence-corrected chi connectivity index (χ3v) is 2.61. The van der Waals surface area contributed by atoms with E-state index < -0.39 is 6.10 Å². The van der Waals surface area contributed by atoms with E-state index in [4.69, 9.17) is 9.47 Å². The van der Waals surface area contributed by atoms with E-state index in [1.165, 1.54) is 0 Å². The minimum Gasteiger partial charge on any atom is -0.454 e. The average Bonchev–Trinajstić information content (AvgIpc) is 2.71. The molecule has 0 bridgehead atoms. The molecule has 0 saturated heterocycles. The van der Waals surface area contributed by atoms with Crippen LogP contribution in [0.3, 0.4) is 0 Å². The fourth-order valence-corrected chi connectivity index (χ4v) is 1.64. The molecule has 4 nitrogen and oxygen atoms in total. The second-order valence-corrected chi connectivity index (χ2v) is 5.26. The van der Waals surface area contributed by atoms with Gasteiger partial charge in [-0.15, -0.1) is 12.4 Å². The molecule has 0 aromatic heterocycles. The van der Waals surface area contributed by atoms with E-state index in [9.17, 15) is 5.11 Å². The Hall–Kier alpha value is -0.970. The summed E-state index contributed by atoms with van der Waals surface area (Å²) in [6.07, 6.45) is -0.538. The first kappa shape index (κ1) is 15.1. The number of halogens is 1. The highest BCUT2D eigenvalue weighted by molar-refractivity contribution is 5.85. The molecule has 2 N–H and O–H groups in total. The van der Waals surface area contributed by atoms with Crippen LogP contribution < -0.4 is 14.8 Å². The van der Waals surface area contributed by atoms with E-state index in [2.05, 4.69) is 26.1 Å². The van der Waals surface area contributed by atoms with Crippen LogP contribution in [0.25, 0.3) is 0 Å². The van der Waals surface area contributed by atoms with Gasteiger partial charge in [0, 0.05) is 12.1 Å². The molecule has 1 atom stereocenters. The van der Waals surface area contributed by atoms with Crippen LogP contribution in [0.2, 0.25) is 0 Å². The van der Waals surface area contributed by atoms with Gasteiger partial charge in [0.2, 0.25) is 6.79 Å². The van der Waals surface area contributed by atoms with E-state index in [0.717, 1.165) is 11.3 Å². The molecule has 0 radical (unpaired) electrons. The lowest BCUT2D eigenvalue weighted by Crippen LogP contribution is -2.38. The van der Waals surface area contributed by atoms with Crippen molar-refractivity contribution in [3.8, 4) is 11.5 Å². The molecule has 1 aliphatic rings. The first-order chi connectivity index (χ1) is 7.96. The van der Waals surface area contributed by atoms with Gasteiger partial charge in [-0.2, -0.15) is 0 Å². The lowest BCUT2D eigenvalue weighted by Gasteiger charge is -2.23. The molecule has 0 fully saturated rings. The minimum absolute atomic E-state index is 0. The molecule has 1 heterocycles. The largest absolute Gasteiger partial charge is 0.454 e. The number of fused-ring (bicyclic) bond motifs is 1. The highest BCUT2D eigenvalue weighted by Gasteiger charge is 2.18. The topological polar surface area (TPSA) is 50.7 Å². The van der Waals surface area contributed by atoms with Crippen molar-refractivity contribution < 1.29 is 14.6 Å². The fourth-order valence-electron chi connectivity index (χ4n) is 1.64. The molecule has 5 heteroatoms. The Morgan fingerprint density at radius 3 is 2.61 bits per heavy atom. The first-order valence-electron chi connectivity index (χ1n) is 5.78. The van der Waals surface area contributed by atoms with E-state index in [-0.39, 0.29) is 24.7 Å². The summed E-state index contributed by atoms with van der Waals surface area (Å²) in [6.45, 7) is 6.98. The lowest BCUT2D eigenvalue weighted by atomic mass is 10.1. The highest BCUT2D eigenvalue weighted by atomic mass is 35.5. The SMILES string of the molecule is CC(C)(C)NCC(O)c1ccc2c(c1)OCO2.Cl. The number of β-amino-alcohol motifs (C(OH)–C–C–N with tert-alkyl or cyclic N) is 1. The third-order valence-electron chi connectivity index (χ3n) is 2.61. The molecule has 18 heavy (non-hydrogen) atoms. The standard InChI is InChI=1S/C13H19NO3.ClH/c1-13(2,3)14-7-10(15)9-4-5-11-12(6-9)17-8-16-11;/h4-6,10,14-15H,7-8H2,1-3H3;1H. The first-order valence-corrected chi connectivity index (χ1v) is 5.78. The van der Waals surface area contributed by atoms with Crippen molar-refractivity contribution >= 4 is 12.4 Å². The van der Waals surface area contributed by atoms with Gasteiger partial charge in [0.25, 0.3) is 0 Å². The molecule has 1 aromatic rings. The molecule has 0 amide bonds. The van der Waals surface area contributed by atoms with E-state index >= 15 is 0 Å². The predicted octanol–water partition coefficient (Wildman–Crippen LogP) is 2.26. The molecule has 0 saturated carbocycles. The Balaban J connectivity index is 0.00000162. The summed E-state index contributed by atoms with van der Waals surface area (Å²) < 4.78 is 10.5. The molecule has 1 aliphatic heterocycles. The monoisotopic (exact) mass is 273 g/mol. The Morgan fingerprint density at radius 1 is 1.28 bits per heavy atom. The quantitative estimate of drug-likeness (QED) is 0.887. The van der Waals surface area contributed by atoms with Crippen LogP contribution in [0.4, 0.5) is 0 Å². The van der Waals surface area contributed by atoms with Crippen LogP contribution in [0.1, 0.15) is 32.4 Å². The second-order valence-electron chi connectivity index (χ2n) is 5.26.